The minimum absolute atomic E-state index is 0.282. The summed E-state index contributed by atoms with van der Waals surface area (Å²) in [6.07, 6.45) is 0.625. The quantitative estimate of drug-likeness (QED) is 0.694. The van der Waals surface area contributed by atoms with Crippen molar-refractivity contribution in [1.29, 1.82) is 5.26 Å². The van der Waals surface area contributed by atoms with Crippen LogP contribution in [-0.4, -0.2) is 6.29 Å². The number of fused-ring (bicyclic) bond motifs is 1. The lowest BCUT2D eigenvalue weighted by Gasteiger charge is -2.00. The van der Waals surface area contributed by atoms with Gasteiger partial charge in [-0.15, -0.1) is 11.3 Å². The summed E-state index contributed by atoms with van der Waals surface area (Å²) in [5, 5.41) is 12.0. The summed E-state index contributed by atoms with van der Waals surface area (Å²) in [7, 11) is 0. The number of nitrogens with zero attached hydrogens (tertiary/aromatic N) is 1. The van der Waals surface area contributed by atoms with E-state index in [1.165, 1.54) is 11.3 Å². The lowest BCUT2D eigenvalue weighted by atomic mass is 10.1. The number of aldehydes is 1. The van der Waals surface area contributed by atoms with Crippen LogP contribution < -0.4 is 0 Å². The fourth-order valence-electron chi connectivity index (χ4n) is 1.32. The molecule has 0 aliphatic carbocycles. The topological polar surface area (TPSA) is 40.9 Å². The third-order valence-electron chi connectivity index (χ3n) is 1.96. The number of benzene rings is 1. The Morgan fingerprint density at radius 1 is 1.57 bits per heavy atom. The molecular weight excluding hydrogens is 218 g/mol. The smallest absolute Gasteiger partial charge is 0.152 e. The molecule has 0 aliphatic rings. The van der Waals surface area contributed by atoms with Crippen LogP contribution >= 0.6 is 22.9 Å². The van der Waals surface area contributed by atoms with Crippen molar-refractivity contribution in [2.24, 2.45) is 0 Å². The Bertz CT molecular complexity index is 553. The van der Waals surface area contributed by atoms with Crippen LogP contribution in [0.15, 0.2) is 17.5 Å². The predicted molar refractivity (Wildman–Crippen MR) is 56.9 cm³/mol. The highest BCUT2D eigenvalue weighted by Gasteiger charge is 2.12. The summed E-state index contributed by atoms with van der Waals surface area (Å²) in [6, 6.07) is 5.59. The first-order valence-corrected chi connectivity index (χ1v) is 5.08. The third-order valence-corrected chi connectivity index (χ3v) is 3.22. The molecule has 14 heavy (non-hydrogen) atoms. The number of carbonyl (C=O) groups is 1. The van der Waals surface area contributed by atoms with Gasteiger partial charge in [-0.3, -0.25) is 4.79 Å². The highest BCUT2D eigenvalue weighted by Crippen LogP contribution is 2.31. The molecule has 0 radical (unpaired) electrons. The molecule has 68 valence electrons. The van der Waals surface area contributed by atoms with E-state index in [1.807, 2.05) is 17.5 Å². The minimum atomic E-state index is 0.282. The molecule has 4 heteroatoms. The number of hydrogen-bond acceptors (Lipinski definition) is 3. The molecule has 2 rings (SSSR count). The van der Waals surface area contributed by atoms with Crippen molar-refractivity contribution in [3.05, 3.63) is 33.7 Å². The van der Waals surface area contributed by atoms with Crippen molar-refractivity contribution >= 4 is 39.3 Å². The maximum absolute atomic E-state index is 10.7. The molecule has 0 bridgehead atoms. The maximum Gasteiger partial charge on any atom is 0.152 e. The number of carbonyl (C=O) groups excluding carboxylic acids is 1. The standard InChI is InChI=1S/C10H4ClNOS/c11-9-3-6-1-2-14-10(6)7(4-12)8(9)5-13/h1-3,5H. The molecule has 2 aromatic rings. The summed E-state index contributed by atoms with van der Waals surface area (Å²) in [5.74, 6) is 0. The predicted octanol–water partition coefficient (Wildman–Crippen LogP) is 3.24. The third kappa shape index (κ3) is 1.20. The summed E-state index contributed by atoms with van der Waals surface area (Å²) >= 11 is 7.30. The average Bonchev–Trinajstić information content (AvgIpc) is 2.62. The monoisotopic (exact) mass is 221 g/mol. The van der Waals surface area contributed by atoms with Crippen LogP contribution in [0.25, 0.3) is 10.1 Å². The van der Waals surface area contributed by atoms with Gasteiger partial charge >= 0.3 is 0 Å². The van der Waals surface area contributed by atoms with Gasteiger partial charge in [0.2, 0.25) is 0 Å². The molecule has 0 atom stereocenters. The van der Waals surface area contributed by atoms with Gasteiger partial charge in [0, 0.05) is 0 Å². The van der Waals surface area contributed by atoms with E-state index < -0.39 is 0 Å². The second-order valence-corrected chi connectivity index (χ2v) is 4.04. The summed E-state index contributed by atoms with van der Waals surface area (Å²) in [6.45, 7) is 0. The van der Waals surface area contributed by atoms with E-state index in [0.29, 0.717) is 16.9 Å². The van der Waals surface area contributed by atoms with Gasteiger partial charge in [-0.1, -0.05) is 11.6 Å². The number of hydrogen-bond donors (Lipinski definition) is 0. The molecule has 0 N–H and O–H groups in total. The molecule has 0 aliphatic heterocycles. The first-order chi connectivity index (χ1) is 6.77. The largest absolute Gasteiger partial charge is 0.298 e. The molecule has 1 aromatic heterocycles. The fraction of sp³-hybridized carbons (Fsp3) is 0. The zero-order chi connectivity index (χ0) is 10.1. The second kappa shape index (κ2) is 3.41. The first kappa shape index (κ1) is 9.20. The molecule has 2 nitrogen and oxygen atoms in total. The van der Waals surface area contributed by atoms with Gasteiger partial charge in [-0.25, -0.2) is 0 Å². The van der Waals surface area contributed by atoms with Crippen molar-refractivity contribution in [1.82, 2.24) is 0 Å². The number of nitriles is 1. The second-order valence-electron chi connectivity index (χ2n) is 2.72. The molecule has 0 spiro atoms. The van der Waals surface area contributed by atoms with Gasteiger partial charge in [-0.2, -0.15) is 5.26 Å². The Balaban J connectivity index is 2.98. The SMILES string of the molecule is N#Cc1c(C=O)c(Cl)cc2ccsc12. The van der Waals surface area contributed by atoms with Crippen molar-refractivity contribution in [2.45, 2.75) is 0 Å². The van der Waals surface area contributed by atoms with E-state index in [0.717, 1.165) is 10.1 Å². The summed E-state index contributed by atoms with van der Waals surface area (Å²) in [5.41, 5.74) is 0.654. The van der Waals surface area contributed by atoms with E-state index in [1.54, 1.807) is 6.07 Å². The van der Waals surface area contributed by atoms with Crippen molar-refractivity contribution in [2.75, 3.05) is 0 Å². The van der Waals surface area contributed by atoms with E-state index >= 15 is 0 Å². The number of halogens is 1. The highest BCUT2D eigenvalue weighted by atomic mass is 35.5. The zero-order valence-electron chi connectivity index (χ0n) is 6.95. The van der Waals surface area contributed by atoms with E-state index in [-0.39, 0.29) is 5.56 Å². The molecule has 1 heterocycles. The molecule has 0 saturated carbocycles. The lowest BCUT2D eigenvalue weighted by Crippen LogP contribution is -1.88. The van der Waals surface area contributed by atoms with Crippen LogP contribution in [-0.2, 0) is 0 Å². The van der Waals surface area contributed by atoms with Crippen LogP contribution in [0.2, 0.25) is 5.02 Å². The van der Waals surface area contributed by atoms with Crippen molar-refractivity contribution < 1.29 is 4.79 Å². The van der Waals surface area contributed by atoms with Crippen molar-refractivity contribution in [3.63, 3.8) is 0 Å². The number of thiophene rings is 1. The van der Waals surface area contributed by atoms with Gasteiger partial charge in [0.15, 0.2) is 6.29 Å². The molecule has 0 amide bonds. The van der Waals surface area contributed by atoms with Gasteiger partial charge < -0.3 is 0 Å². The number of rotatable bonds is 1. The molecule has 0 fully saturated rings. The molecule has 1 aromatic carbocycles. The molecule has 0 saturated heterocycles. The maximum atomic E-state index is 10.7. The van der Waals surface area contributed by atoms with E-state index in [4.69, 9.17) is 16.9 Å². The van der Waals surface area contributed by atoms with Gasteiger partial charge in [0.25, 0.3) is 0 Å². The Kier molecular flexibility index (Phi) is 2.24. The van der Waals surface area contributed by atoms with Crippen LogP contribution in [0.3, 0.4) is 0 Å². The molecular formula is C10H4ClNOS. The normalized spacial score (nSPS) is 10.0. The first-order valence-electron chi connectivity index (χ1n) is 3.83. The summed E-state index contributed by atoms with van der Waals surface area (Å²) in [4.78, 5) is 10.7. The van der Waals surface area contributed by atoms with Gasteiger partial charge in [0.1, 0.15) is 6.07 Å². The Morgan fingerprint density at radius 3 is 3.00 bits per heavy atom. The van der Waals surface area contributed by atoms with Crippen molar-refractivity contribution in [3.8, 4) is 6.07 Å². The van der Waals surface area contributed by atoms with Crippen LogP contribution in [0, 0.1) is 11.3 Å². The van der Waals surface area contributed by atoms with E-state index in [2.05, 4.69) is 0 Å². The van der Waals surface area contributed by atoms with Gasteiger partial charge in [0.05, 0.1) is 20.8 Å². The van der Waals surface area contributed by atoms with Gasteiger partial charge in [-0.05, 0) is 22.9 Å². The van der Waals surface area contributed by atoms with E-state index in [9.17, 15) is 4.79 Å². The lowest BCUT2D eigenvalue weighted by molar-refractivity contribution is 0.112. The average molecular weight is 222 g/mol. The Labute approximate surface area is 89.3 Å². The summed E-state index contributed by atoms with van der Waals surface area (Å²) < 4.78 is 0.819. The molecule has 0 unspecified atom stereocenters. The van der Waals surface area contributed by atoms with Crippen LogP contribution in [0.1, 0.15) is 15.9 Å². The highest BCUT2D eigenvalue weighted by molar-refractivity contribution is 7.17. The minimum Gasteiger partial charge on any atom is -0.298 e. The Hall–Kier alpha value is -1.37. The van der Waals surface area contributed by atoms with Crippen LogP contribution in [0.5, 0.6) is 0 Å². The zero-order valence-corrected chi connectivity index (χ0v) is 8.52. The van der Waals surface area contributed by atoms with Crippen LogP contribution in [0.4, 0.5) is 0 Å². The fourth-order valence-corrected chi connectivity index (χ4v) is 2.46. The Morgan fingerprint density at radius 2 is 2.36 bits per heavy atom.